The van der Waals surface area contributed by atoms with E-state index in [0.717, 1.165) is 49.5 Å². The van der Waals surface area contributed by atoms with Gasteiger partial charge in [0.2, 0.25) is 5.91 Å². The van der Waals surface area contributed by atoms with Crippen LogP contribution in [0.25, 0.3) is 0 Å². The first kappa shape index (κ1) is 21.1. The topological polar surface area (TPSA) is 94.5 Å². The van der Waals surface area contributed by atoms with E-state index < -0.39 is 5.91 Å². The van der Waals surface area contributed by atoms with Gasteiger partial charge in [-0.3, -0.25) is 4.79 Å². The molecule has 7 nitrogen and oxygen atoms in total. The molecule has 29 heavy (non-hydrogen) atoms. The second kappa shape index (κ2) is 9.29. The normalized spacial score (nSPS) is 16.2. The predicted octanol–water partition coefficient (Wildman–Crippen LogP) is 3.92. The molecule has 0 bridgehead atoms. The number of aryl methyl sites for hydroxylation is 1. The van der Waals surface area contributed by atoms with Gasteiger partial charge in [0.25, 0.3) is 0 Å². The molecule has 1 saturated heterocycles. The first-order valence-electron chi connectivity index (χ1n) is 10.5. The Morgan fingerprint density at radius 3 is 2.62 bits per heavy atom. The summed E-state index contributed by atoms with van der Waals surface area (Å²) in [4.78, 5) is 18.0. The molecule has 1 aromatic heterocycles. The summed E-state index contributed by atoms with van der Waals surface area (Å²) in [5.74, 6) is 2.67. The third-order valence-corrected chi connectivity index (χ3v) is 5.87. The number of anilines is 1. The van der Waals surface area contributed by atoms with Crippen LogP contribution in [0.3, 0.4) is 0 Å². The van der Waals surface area contributed by atoms with Crippen molar-refractivity contribution in [1.29, 1.82) is 0 Å². The molecule has 1 atom stereocenters. The molecule has 1 unspecified atom stereocenters. The zero-order valence-corrected chi connectivity index (χ0v) is 17.9. The molecule has 2 heterocycles. The number of piperidine rings is 1. The molecule has 1 aromatic carbocycles. The second-order valence-corrected chi connectivity index (χ2v) is 8.37. The lowest BCUT2D eigenvalue weighted by atomic mass is 9.84. The first-order valence-corrected chi connectivity index (χ1v) is 10.5. The minimum atomic E-state index is -0.407. The van der Waals surface area contributed by atoms with Gasteiger partial charge in [0.05, 0.1) is 6.61 Å². The molecule has 1 fully saturated rings. The first-order chi connectivity index (χ1) is 13.8. The van der Waals surface area contributed by atoms with Crippen LogP contribution in [0, 0.1) is 18.8 Å². The van der Waals surface area contributed by atoms with E-state index in [0.29, 0.717) is 30.0 Å². The molecule has 0 aliphatic carbocycles. The SMILES string of the molecule is Cc1cc(OCCC(C)C2CCN(c3nc(C(C)C)no3)CC2)ccc1C(N)=O. The van der Waals surface area contributed by atoms with Crippen molar-refractivity contribution < 1.29 is 14.1 Å². The molecule has 0 spiro atoms. The summed E-state index contributed by atoms with van der Waals surface area (Å²) in [5.41, 5.74) is 6.74. The summed E-state index contributed by atoms with van der Waals surface area (Å²) in [7, 11) is 0. The number of ether oxygens (including phenoxy) is 1. The molecule has 158 valence electrons. The molecule has 1 amide bonds. The van der Waals surface area contributed by atoms with E-state index >= 15 is 0 Å². The van der Waals surface area contributed by atoms with E-state index in [9.17, 15) is 4.79 Å². The number of carbonyl (C=O) groups is 1. The number of carbonyl (C=O) groups excluding carboxylic acids is 1. The number of nitrogens with two attached hydrogens (primary N) is 1. The summed E-state index contributed by atoms with van der Waals surface area (Å²) >= 11 is 0. The highest BCUT2D eigenvalue weighted by Gasteiger charge is 2.26. The van der Waals surface area contributed by atoms with Crippen molar-refractivity contribution in [2.45, 2.75) is 52.9 Å². The Morgan fingerprint density at radius 1 is 1.31 bits per heavy atom. The molecule has 2 N–H and O–H groups in total. The maximum Gasteiger partial charge on any atom is 0.324 e. The van der Waals surface area contributed by atoms with Crippen LogP contribution >= 0.6 is 0 Å². The molecule has 0 saturated carbocycles. The minimum Gasteiger partial charge on any atom is -0.494 e. The third-order valence-electron chi connectivity index (χ3n) is 5.87. The molecule has 1 aliphatic heterocycles. The van der Waals surface area contributed by atoms with Gasteiger partial charge in [0.15, 0.2) is 5.82 Å². The Balaban J connectivity index is 1.43. The molecule has 7 heteroatoms. The lowest BCUT2D eigenvalue weighted by Crippen LogP contribution is -2.36. The van der Waals surface area contributed by atoms with Gasteiger partial charge in [-0.15, -0.1) is 0 Å². The largest absolute Gasteiger partial charge is 0.494 e. The van der Waals surface area contributed by atoms with Gasteiger partial charge in [-0.1, -0.05) is 25.9 Å². The zero-order chi connectivity index (χ0) is 21.0. The molecule has 3 rings (SSSR count). The fraction of sp³-hybridized carbons (Fsp3) is 0.591. The van der Waals surface area contributed by atoms with Crippen molar-refractivity contribution in [3.63, 3.8) is 0 Å². The minimum absolute atomic E-state index is 0.279. The van der Waals surface area contributed by atoms with E-state index in [-0.39, 0.29) is 5.92 Å². The lowest BCUT2D eigenvalue weighted by Gasteiger charge is -2.33. The van der Waals surface area contributed by atoms with Gasteiger partial charge >= 0.3 is 6.01 Å². The Labute approximate surface area is 172 Å². The van der Waals surface area contributed by atoms with Crippen molar-refractivity contribution in [3.8, 4) is 5.75 Å². The van der Waals surface area contributed by atoms with Crippen LogP contribution < -0.4 is 15.4 Å². The van der Waals surface area contributed by atoms with Gasteiger partial charge in [-0.25, -0.2) is 0 Å². The summed E-state index contributed by atoms with van der Waals surface area (Å²) in [6, 6.07) is 6.07. The quantitative estimate of drug-likeness (QED) is 0.722. The van der Waals surface area contributed by atoms with E-state index in [2.05, 4.69) is 35.8 Å². The van der Waals surface area contributed by atoms with Gasteiger partial charge in [0.1, 0.15) is 5.75 Å². The Morgan fingerprint density at radius 2 is 2.03 bits per heavy atom. The number of benzene rings is 1. The number of amides is 1. The monoisotopic (exact) mass is 400 g/mol. The average Bonchev–Trinajstić information content (AvgIpc) is 3.18. The van der Waals surface area contributed by atoms with Crippen LogP contribution in [0.15, 0.2) is 22.7 Å². The van der Waals surface area contributed by atoms with Crippen LogP contribution in [-0.2, 0) is 0 Å². The number of primary amides is 1. The number of hydrogen-bond acceptors (Lipinski definition) is 6. The van der Waals surface area contributed by atoms with Crippen LogP contribution in [0.4, 0.5) is 6.01 Å². The number of aromatic nitrogens is 2. The Bertz CT molecular complexity index is 825. The maximum atomic E-state index is 11.3. The molecular formula is C22H32N4O3. The van der Waals surface area contributed by atoms with E-state index in [1.165, 1.54) is 0 Å². The number of rotatable bonds is 8. The van der Waals surface area contributed by atoms with Gasteiger partial charge in [0, 0.05) is 24.6 Å². The summed E-state index contributed by atoms with van der Waals surface area (Å²) in [5, 5.41) is 4.07. The van der Waals surface area contributed by atoms with Crippen molar-refractivity contribution in [1.82, 2.24) is 10.1 Å². The number of nitrogens with zero attached hydrogens (tertiary/aromatic N) is 3. The van der Waals surface area contributed by atoms with E-state index in [1.54, 1.807) is 6.07 Å². The molecule has 1 aliphatic rings. The summed E-state index contributed by atoms with van der Waals surface area (Å²) in [6.45, 7) is 10.9. The summed E-state index contributed by atoms with van der Waals surface area (Å²) in [6.07, 6.45) is 3.24. The lowest BCUT2D eigenvalue weighted by molar-refractivity contribution is 0.0999. The molecule has 2 aromatic rings. The fourth-order valence-corrected chi connectivity index (χ4v) is 3.85. The molecular weight excluding hydrogens is 368 g/mol. The highest BCUT2D eigenvalue weighted by atomic mass is 16.5. The van der Waals surface area contributed by atoms with Crippen molar-refractivity contribution >= 4 is 11.9 Å². The smallest absolute Gasteiger partial charge is 0.324 e. The zero-order valence-electron chi connectivity index (χ0n) is 17.9. The van der Waals surface area contributed by atoms with Gasteiger partial charge < -0.3 is 19.9 Å². The van der Waals surface area contributed by atoms with E-state index in [4.69, 9.17) is 15.0 Å². The average molecular weight is 401 g/mol. The van der Waals surface area contributed by atoms with Gasteiger partial charge in [-0.2, -0.15) is 4.98 Å². The fourth-order valence-electron chi connectivity index (χ4n) is 3.85. The third kappa shape index (κ3) is 5.28. The van der Waals surface area contributed by atoms with Crippen LogP contribution in [0.1, 0.15) is 67.7 Å². The summed E-state index contributed by atoms with van der Waals surface area (Å²) < 4.78 is 11.3. The Kier molecular flexibility index (Phi) is 6.77. The van der Waals surface area contributed by atoms with E-state index in [1.807, 2.05) is 19.1 Å². The van der Waals surface area contributed by atoms with Crippen LogP contribution in [-0.4, -0.2) is 35.7 Å². The Hall–Kier alpha value is -2.57. The second-order valence-electron chi connectivity index (χ2n) is 8.37. The standard InChI is InChI=1S/C22H32N4O3/c1-14(2)21-24-22(29-25-21)26-10-7-17(8-11-26)15(3)9-12-28-18-5-6-19(20(23)27)16(4)13-18/h5-6,13-15,17H,7-12H2,1-4H3,(H2,23,27). The highest BCUT2D eigenvalue weighted by molar-refractivity contribution is 5.94. The van der Waals surface area contributed by atoms with Crippen molar-refractivity contribution in [2.24, 2.45) is 17.6 Å². The molecule has 0 radical (unpaired) electrons. The van der Waals surface area contributed by atoms with Crippen LogP contribution in [0.2, 0.25) is 0 Å². The van der Waals surface area contributed by atoms with Crippen molar-refractivity contribution in [2.75, 3.05) is 24.6 Å². The maximum absolute atomic E-state index is 11.3. The number of hydrogen-bond donors (Lipinski definition) is 1. The van der Waals surface area contributed by atoms with Crippen LogP contribution in [0.5, 0.6) is 5.75 Å². The highest BCUT2D eigenvalue weighted by Crippen LogP contribution is 2.30. The predicted molar refractivity (Wildman–Crippen MR) is 112 cm³/mol. The van der Waals surface area contributed by atoms with Crippen molar-refractivity contribution in [3.05, 3.63) is 35.2 Å². The van der Waals surface area contributed by atoms with Gasteiger partial charge in [-0.05, 0) is 61.8 Å².